The van der Waals surface area contributed by atoms with Gasteiger partial charge in [0.05, 0.1) is 17.1 Å². The van der Waals surface area contributed by atoms with Crippen molar-refractivity contribution in [3.05, 3.63) is 48.3 Å². The largest absolute Gasteiger partial charge is 0.456 e. The summed E-state index contributed by atoms with van der Waals surface area (Å²) in [6, 6.07) is 9.07. The molecule has 2 aromatic carbocycles. The lowest BCUT2D eigenvalue weighted by atomic mass is 10.3. The average molecular weight is 409 g/mol. The fourth-order valence-electron chi connectivity index (χ4n) is 2.37. The highest BCUT2D eigenvalue weighted by molar-refractivity contribution is 7.91. The Morgan fingerprint density at radius 2 is 1.79 bits per heavy atom. The molecule has 1 amide bonds. The molecular weight excluding hydrogens is 393 g/mol. The topological polar surface area (TPSA) is 108 Å². The molecule has 0 bridgehead atoms. The first-order chi connectivity index (χ1) is 13.3. The van der Waals surface area contributed by atoms with E-state index in [1.165, 1.54) is 0 Å². The van der Waals surface area contributed by atoms with Crippen molar-refractivity contribution >= 4 is 27.4 Å². The van der Waals surface area contributed by atoms with Crippen molar-refractivity contribution in [2.24, 2.45) is 0 Å². The van der Waals surface area contributed by atoms with Crippen molar-refractivity contribution in [3.63, 3.8) is 0 Å². The number of carbonyl (C=O) groups excluding carboxylic acids is 2. The number of hydrogen-bond acceptors (Lipinski definition) is 7. The SMILES string of the molecule is O=C(COC(=O)CCS(=O)(=O)c1ccc(F)cc1)Nc1ccc2c(c1)OCO2. The van der Waals surface area contributed by atoms with Gasteiger partial charge in [-0.15, -0.1) is 0 Å². The van der Waals surface area contributed by atoms with Gasteiger partial charge in [-0.3, -0.25) is 9.59 Å². The highest BCUT2D eigenvalue weighted by Crippen LogP contribution is 2.34. The number of halogens is 1. The van der Waals surface area contributed by atoms with Crippen LogP contribution in [-0.4, -0.2) is 39.4 Å². The number of nitrogens with one attached hydrogen (secondary N) is 1. The number of amides is 1. The number of hydrogen-bond donors (Lipinski definition) is 1. The third-order valence-electron chi connectivity index (χ3n) is 3.77. The molecule has 3 rings (SSSR count). The minimum absolute atomic E-state index is 0.0951. The highest BCUT2D eigenvalue weighted by atomic mass is 32.2. The van der Waals surface area contributed by atoms with E-state index in [-0.39, 0.29) is 11.7 Å². The van der Waals surface area contributed by atoms with E-state index < -0.39 is 46.3 Å². The number of rotatable bonds is 7. The Kier molecular flexibility index (Phi) is 5.78. The van der Waals surface area contributed by atoms with Gasteiger partial charge in [0, 0.05) is 11.8 Å². The van der Waals surface area contributed by atoms with Crippen molar-refractivity contribution < 1.29 is 36.6 Å². The van der Waals surface area contributed by atoms with Crippen molar-refractivity contribution in [1.29, 1.82) is 0 Å². The second-order valence-corrected chi connectivity index (χ2v) is 7.91. The molecule has 0 fully saturated rings. The van der Waals surface area contributed by atoms with Crippen LogP contribution in [0, 0.1) is 5.82 Å². The van der Waals surface area contributed by atoms with Gasteiger partial charge in [-0.2, -0.15) is 0 Å². The number of anilines is 1. The smallest absolute Gasteiger partial charge is 0.307 e. The Labute approximate surface area is 160 Å². The zero-order valence-electron chi connectivity index (χ0n) is 14.5. The molecule has 1 N–H and O–H groups in total. The highest BCUT2D eigenvalue weighted by Gasteiger charge is 2.18. The lowest BCUT2D eigenvalue weighted by Crippen LogP contribution is -2.22. The molecule has 28 heavy (non-hydrogen) atoms. The van der Waals surface area contributed by atoms with Crippen LogP contribution in [0.25, 0.3) is 0 Å². The summed E-state index contributed by atoms with van der Waals surface area (Å²) in [5, 5.41) is 2.52. The zero-order valence-corrected chi connectivity index (χ0v) is 15.3. The summed E-state index contributed by atoms with van der Waals surface area (Å²) in [5.74, 6) is -1.46. The number of benzene rings is 2. The number of sulfone groups is 1. The first-order valence-electron chi connectivity index (χ1n) is 8.17. The third kappa shape index (κ3) is 4.97. The van der Waals surface area contributed by atoms with Crippen LogP contribution in [-0.2, 0) is 24.2 Å². The van der Waals surface area contributed by atoms with Crippen molar-refractivity contribution in [1.82, 2.24) is 0 Å². The first kappa shape index (κ1) is 19.6. The van der Waals surface area contributed by atoms with Crippen molar-refractivity contribution in [2.75, 3.05) is 24.5 Å². The van der Waals surface area contributed by atoms with Crippen LogP contribution in [0.15, 0.2) is 47.4 Å². The molecule has 0 saturated heterocycles. The van der Waals surface area contributed by atoms with Crippen LogP contribution >= 0.6 is 0 Å². The monoisotopic (exact) mass is 409 g/mol. The molecule has 0 radical (unpaired) electrons. The Bertz CT molecular complexity index is 989. The predicted molar refractivity (Wildman–Crippen MR) is 95.2 cm³/mol. The molecular formula is C18H16FNO7S. The van der Waals surface area contributed by atoms with E-state index in [0.717, 1.165) is 24.3 Å². The summed E-state index contributed by atoms with van der Waals surface area (Å²) in [6.45, 7) is -0.463. The van der Waals surface area contributed by atoms with Gasteiger partial charge >= 0.3 is 5.97 Å². The van der Waals surface area contributed by atoms with Crippen LogP contribution in [0.2, 0.25) is 0 Å². The molecule has 0 atom stereocenters. The van der Waals surface area contributed by atoms with Gasteiger partial charge in [0.15, 0.2) is 27.9 Å². The second kappa shape index (κ2) is 8.26. The molecule has 0 unspecified atom stereocenters. The number of fused-ring (bicyclic) bond motifs is 1. The normalized spacial score (nSPS) is 12.5. The van der Waals surface area contributed by atoms with Crippen LogP contribution in [0.3, 0.4) is 0 Å². The summed E-state index contributed by atoms with van der Waals surface area (Å²) in [7, 11) is -3.76. The molecule has 148 valence electrons. The fourth-order valence-corrected chi connectivity index (χ4v) is 3.59. The van der Waals surface area contributed by atoms with Gasteiger partial charge in [-0.25, -0.2) is 12.8 Å². The second-order valence-electron chi connectivity index (χ2n) is 5.80. The lowest BCUT2D eigenvalue weighted by Gasteiger charge is -2.08. The van der Waals surface area contributed by atoms with Crippen molar-refractivity contribution in [3.8, 4) is 11.5 Å². The predicted octanol–water partition coefficient (Wildman–Crippen LogP) is 1.90. The van der Waals surface area contributed by atoms with E-state index in [9.17, 15) is 22.4 Å². The molecule has 1 heterocycles. The zero-order chi connectivity index (χ0) is 20.1. The summed E-state index contributed by atoms with van der Waals surface area (Å²) in [5.41, 5.74) is 0.434. The fraction of sp³-hybridized carbons (Fsp3) is 0.222. The van der Waals surface area contributed by atoms with E-state index in [1.807, 2.05) is 0 Å². The van der Waals surface area contributed by atoms with Crippen LogP contribution in [0.5, 0.6) is 11.5 Å². The average Bonchev–Trinajstić information content (AvgIpc) is 3.13. The van der Waals surface area contributed by atoms with E-state index in [0.29, 0.717) is 17.2 Å². The molecule has 0 aliphatic carbocycles. The molecule has 8 nitrogen and oxygen atoms in total. The minimum Gasteiger partial charge on any atom is -0.456 e. The summed E-state index contributed by atoms with van der Waals surface area (Å²) in [4.78, 5) is 23.5. The van der Waals surface area contributed by atoms with E-state index in [2.05, 4.69) is 5.32 Å². The minimum atomic E-state index is -3.76. The van der Waals surface area contributed by atoms with E-state index in [1.54, 1.807) is 18.2 Å². The summed E-state index contributed by atoms with van der Waals surface area (Å²) < 4.78 is 52.2. The standard InChI is InChI=1S/C18H16FNO7S/c19-12-1-4-14(5-2-12)28(23,24)8-7-18(22)25-10-17(21)20-13-3-6-15-16(9-13)27-11-26-15/h1-6,9H,7-8,10-11H2,(H,20,21). The van der Waals surface area contributed by atoms with Gasteiger partial charge < -0.3 is 19.5 Å². The number of carbonyl (C=O) groups is 2. The van der Waals surface area contributed by atoms with E-state index in [4.69, 9.17) is 14.2 Å². The van der Waals surface area contributed by atoms with Gasteiger partial charge in [0.25, 0.3) is 5.91 Å². The molecule has 1 aliphatic heterocycles. The quantitative estimate of drug-likeness (QED) is 0.550. The first-order valence-corrected chi connectivity index (χ1v) is 9.82. The van der Waals surface area contributed by atoms with Gasteiger partial charge in [-0.05, 0) is 36.4 Å². The molecule has 0 spiro atoms. The van der Waals surface area contributed by atoms with Gasteiger partial charge in [0.2, 0.25) is 6.79 Å². The van der Waals surface area contributed by atoms with Gasteiger partial charge in [0.1, 0.15) is 5.82 Å². The number of ether oxygens (including phenoxy) is 3. The number of esters is 1. The molecule has 0 saturated carbocycles. The molecule has 2 aromatic rings. The van der Waals surface area contributed by atoms with Crippen LogP contribution in [0.1, 0.15) is 6.42 Å². The Morgan fingerprint density at radius 1 is 1.07 bits per heavy atom. The maximum absolute atomic E-state index is 12.9. The Morgan fingerprint density at radius 3 is 2.54 bits per heavy atom. The van der Waals surface area contributed by atoms with Crippen molar-refractivity contribution in [2.45, 2.75) is 11.3 Å². The van der Waals surface area contributed by atoms with Gasteiger partial charge in [-0.1, -0.05) is 0 Å². The van der Waals surface area contributed by atoms with Crippen LogP contribution in [0.4, 0.5) is 10.1 Å². The molecule has 0 aromatic heterocycles. The lowest BCUT2D eigenvalue weighted by molar-refractivity contribution is -0.146. The third-order valence-corrected chi connectivity index (χ3v) is 5.50. The Hall–Kier alpha value is -3.14. The van der Waals surface area contributed by atoms with Crippen LogP contribution < -0.4 is 14.8 Å². The maximum Gasteiger partial charge on any atom is 0.307 e. The molecule has 1 aliphatic rings. The molecule has 10 heteroatoms. The Balaban J connectivity index is 1.45. The summed E-state index contributed by atoms with van der Waals surface area (Å²) >= 11 is 0. The maximum atomic E-state index is 12.9. The summed E-state index contributed by atoms with van der Waals surface area (Å²) in [6.07, 6.45) is -0.434. The van der Waals surface area contributed by atoms with E-state index >= 15 is 0 Å².